The third kappa shape index (κ3) is 6.42. The zero-order valence-corrected chi connectivity index (χ0v) is 23.9. The molecule has 0 bridgehead atoms. The molecule has 0 aliphatic carbocycles. The summed E-state index contributed by atoms with van der Waals surface area (Å²) in [7, 11) is -4.05. The fraction of sp³-hybridized carbons (Fsp3) is 0.323. The number of benzene rings is 3. The summed E-state index contributed by atoms with van der Waals surface area (Å²) in [5.74, 6) is -1.35. The number of nitrogens with one attached hydrogen (secondary N) is 1. The van der Waals surface area contributed by atoms with E-state index in [1.165, 1.54) is 17.0 Å². The minimum absolute atomic E-state index is 0.0565. The lowest BCUT2D eigenvalue weighted by atomic mass is 10.0. The number of sulfonamides is 1. The molecule has 9 heteroatoms. The van der Waals surface area contributed by atoms with E-state index in [9.17, 15) is 22.8 Å². The molecule has 1 N–H and O–H groups in total. The summed E-state index contributed by atoms with van der Waals surface area (Å²) in [6.45, 7) is 5.68. The standard InChI is InChI=1S/C31H35N3O5S/c1-4-23(3)32-30(36)27(20-24-12-6-5-7-13-24)33(21-25-14-10-11-22(2)19-25)29(35)17-18-34-31(37)26-15-8-9-16-28(26)40(34,38)39/h5-16,19,23,27H,4,17-18,20-21H2,1-3H3,(H,32,36)/t23-,27+/m1/s1. The third-order valence-electron chi connectivity index (χ3n) is 7.15. The number of carbonyl (C=O) groups excluding carboxylic acids is 3. The summed E-state index contributed by atoms with van der Waals surface area (Å²) in [6, 6.07) is 22.3. The molecule has 0 unspecified atom stereocenters. The van der Waals surface area contributed by atoms with Crippen molar-refractivity contribution in [2.24, 2.45) is 0 Å². The van der Waals surface area contributed by atoms with Gasteiger partial charge >= 0.3 is 0 Å². The minimum atomic E-state index is -4.05. The molecule has 0 saturated heterocycles. The molecule has 0 spiro atoms. The van der Waals surface area contributed by atoms with Gasteiger partial charge in [0.2, 0.25) is 11.8 Å². The highest BCUT2D eigenvalue weighted by atomic mass is 32.2. The number of nitrogens with zero attached hydrogens (tertiary/aromatic N) is 2. The number of rotatable bonds is 11. The Kier molecular flexibility index (Phi) is 9.04. The van der Waals surface area contributed by atoms with Gasteiger partial charge in [0.1, 0.15) is 10.9 Å². The lowest BCUT2D eigenvalue weighted by Crippen LogP contribution is -2.52. The van der Waals surface area contributed by atoms with Crippen LogP contribution in [0.25, 0.3) is 0 Å². The maximum Gasteiger partial charge on any atom is 0.269 e. The van der Waals surface area contributed by atoms with E-state index in [1.807, 2.05) is 75.4 Å². The van der Waals surface area contributed by atoms with E-state index in [0.29, 0.717) is 0 Å². The summed E-state index contributed by atoms with van der Waals surface area (Å²) in [4.78, 5) is 41.9. The molecule has 0 radical (unpaired) electrons. The molecular formula is C31H35N3O5S. The van der Waals surface area contributed by atoms with E-state index in [2.05, 4.69) is 5.32 Å². The summed E-state index contributed by atoms with van der Waals surface area (Å²) >= 11 is 0. The molecule has 0 aromatic heterocycles. The molecule has 3 aromatic carbocycles. The Hall–Kier alpha value is -3.98. The first-order valence-electron chi connectivity index (χ1n) is 13.5. The van der Waals surface area contributed by atoms with Crippen molar-refractivity contribution < 1.29 is 22.8 Å². The van der Waals surface area contributed by atoms with Gasteiger partial charge in [-0.05, 0) is 43.5 Å². The summed E-state index contributed by atoms with van der Waals surface area (Å²) in [5.41, 5.74) is 2.85. The normalized spacial score (nSPS) is 15.3. The van der Waals surface area contributed by atoms with Crippen LogP contribution in [0.1, 0.15) is 53.7 Å². The molecule has 40 heavy (non-hydrogen) atoms. The molecule has 1 aliphatic rings. The summed E-state index contributed by atoms with van der Waals surface area (Å²) < 4.78 is 26.9. The molecule has 0 fully saturated rings. The largest absolute Gasteiger partial charge is 0.352 e. The van der Waals surface area contributed by atoms with Crippen LogP contribution in [0.4, 0.5) is 0 Å². The molecule has 3 amide bonds. The van der Waals surface area contributed by atoms with Gasteiger partial charge in [0.05, 0.1) is 5.56 Å². The van der Waals surface area contributed by atoms with Crippen LogP contribution in [0.15, 0.2) is 83.8 Å². The van der Waals surface area contributed by atoms with Crippen LogP contribution < -0.4 is 5.32 Å². The highest BCUT2D eigenvalue weighted by Crippen LogP contribution is 2.30. The maximum absolute atomic E-state index is 13.9. The van der Waals surface area contributed by atoms with Crippen molar-refractivity contribution in [2.45, 2.75) is 63.6 Å². The topological polar surface area (TPSA) is 104 Å². The fourth-order valence-electron chi connectivity index (χ4n) is 4.80. The Morgan fingerprint density at radius 1 is 0.950 bits per heavy atom. The Bertz CT molecular complexity index is 1490. The zero-order chi connectivity index (χ0) is 28.9. The molecule has 8 nitrogen and oxygen atoms in total. The van der Waals surface area contributed by atoms with Crippen molar-refractivity contribution in [3.8, 4) is 0 Å². The highest BCUT2D eigenvalue weighted by molar-refractivity contribution is 7.90. The van der Waals surface area contributed by atoms with Crippen LogP contribution in [-0.2, 0) is 32.6 Å². The van der Waals surface area contributed by atoms with Gasteiger partial charge in [-0.1, -0.05) is 79.2 Å². The molecular weight excluding hydrogens is 526 g/mol. The first-order valence-corrected chi connectivity index (χ1v) is 14.9. The van der Waals surface area contributed by atoms with Crippen LogP contribution in [0, 0.1) is 6.92 Å². The number of amides is 3. The third-order valence-corrected chi connectivity index (χ3v) is 8.99. The van der Waals surface area contributed by atoms with Gasteiger partial charge in [-0.15, -0.1) is 0 Å². The SMILES string of the molecule is CC[C@@H](C)NC(=O)[C@H](Cc1ccccc1)N(Cc1cccc(C)c1)C(=O)CCN1C(=O)c2ccccc2S1(=O)=O. The Morgan fingerprint density at radius 2 is 1.62 bits per heavy atom. The Balaban J connectivity index is 1.64. The second-order valence-corrected chi connectivity index (χ2v) is 12.0. The smallest absolute Gasteiger partial charge is 0.269 e. The van der Waals surface area contributed by atoms with Crippen molar-refractivity contribution in [3.63, 3.8) is 0 Å². The van der Waals surface area contributed by atoms with Crippen LogP contribution in [0.5, 0.6) is 0 Å². The monoisotopic (exact) mass is 561 g/mol. The molecule has 3 aromatic rings. The van der Waals surface area contributed by atoms with E-state index in [4.69, 9.17) is 0 Å². The van der Waals surface area contributed by atoms with Gasteiger partial charge in [-0.3, -0.25) is 14.4 Å². The highest BCUT2D eigenvalue weighted by Gasteiger charge is 2.41. The van der Waals surface area contributed by atoms with E-state index in [1.54, 1.807) is 12.1 Å². The minimum Gasteiger partial charge on any atom is -0.352 e. The van der Waals surface area contributed by atoms with Crippen LogP contribution in [0.2, 0.25) is 0 Å². The van der Waals surface area contributed by atoms with Gasteiger partial charge in [0, 0.05) is 32.0 Å². The molecule has 4 rings (SSSR count). The quantitative estimate of drug-likeness (QED) is 0.380. The first-order chi connectivity index (χ1) is 19.1. The van der Waals surface area contributed by atoms with Crippen molar-refractivity contribution in [1.82, 2.24) is 14.5 Å². The Labute approximate surface area is 236 Å². The number of carbonyl (C=O) groups is 3. The maximum atomic E-state index is 13.9. The van der Waals surface area contributed by atoms with Gasteiger partial charge < -0.3 is 10.2 Å². The molecule has 210 valence electrons. The van der Waals surface area contributed by atoms with Gasteiger partial charge in [-0.25, -0.2) is 12.7 Å². The Morgan fingerprint density at radius 3 is 2.30 bits per heavy atom. The zero-order valence-electron chi connectivity index (χ0n) is 23.0. The number of fused-ring (bicyclic) bond motifs is 1. The fourth-order valence-corrected chi connectivity index (χ4v) is 6.36. The second-order valence-electron chi connectivity index (χ2n) is 10.2. The molecule has 1 aliphatic heterocycles. The van der Waals surface area contributed by atoms with E-state index < -0.39 is 27.9 Å². The lowest BCUT2D eigenvalue weighted by Gasteiger charge is -2.33. The van der Waals surface area contributed by atoms with Crippen LogP contribution in [0.3, 0.4) is 0 Å². The van der Waals surface area contributed by atoms with E-state index in [0.717, 1.165) is 27.4 Å². The number of aryl methyl sites for hydroxylation is 1. The van der Waals surface area contributed by atoms with Crippen LogP contribution in [-0.4, -0.2) is 54.0 Å². The van der Waals surface area contributed by atoms with Crippen molar-refractivity contribution in [3.05, 3.63) is 101 Å². The predicted octanol–water partition coefficient (Wildman–Crippen LogP) is 4.08. The van der Waals surface area contributed by atoms with Gasteiger partial charge in [-0.2, -0.15) is 0 Å². The average molecular weight is 562 g/mol. The van der Waals surface area contributed by atoms with Crippen molar-refractivity contribution in [2.75, 3.05) is 6.54 Å². The van der Waals surface area contributed by atoms with Crippen molar-refractivity contribution >= 4 is 27.7 Å². The molecule has 1 heterocycles. The lowest BCUT2D eigenvalue weighted by molar-refractivity contribution is -0.141. The number of hydrogen-bond donors (Lipinski definition) is 1. The van der Waals surface area contributed by atoms with Gasteiger partial charge in [0.15, 0.2) is 0 Å². The van der Waals surface area contributed by atoms with E-state index >= 15 is 0 Å². The first kappa shape index (κ1) is 29.0. The second kappa shape index (κ2) is 12.5. The van der Waals surface area contributed by atoms with E-state index in [-0.39, 0.29) is 48.3 Å². The van der Waals surface area contributed by atoms with Crippen LogP contribution >= 0.6 is 0 Å². The number of hydrogen-bond acceptors (Lipinski definition) is 5. The molecule has 0 saturated carbocycles. The van der Waals surface area contributed by atoms with Gasteiger partial charge in [0.25, 0.3) is 15.9 Å². The summed E-state index contributed by atoms with van der Waals surface area (Å²) in [5, 5.41) is 3.02. The summed E-state index contributed by atoms with van der Waals surface area (Å²) in [6.07, 6.45) is 0.755. The average Bonchev–Trinajstić information content (AvgIpc) is 3.14. The molecule has 2 atom stereocenters. The predicted molar refractivity (Wildman–Crippen MR) is 153 cm³/mol. The van der Waals surface area contributed by atoms with Crippen molar-refractivity contribution in [1.29, 1.82) is 0 Å².